The molecule has 0 atom stereocenters. The van der Waals surface area contributed by atoms with E-state index in [9.17, 15) is 24.0 Å². The average molecular weight is 655 g/mol. The first-order valence-electron chi connectivity index (χ1n) is 16.7. The highest BCUT2D eigenvalue weighted by Crippen LogP contribution is 2.22. The lowest BCUT2D eigenvalue weighted by atomic mass is 9.88. The van der Waals surface area contributed by atoms with Crippen LogP contribution in [0.25, 0.3) is 0 Å². The van der Waals surface area contributed by atoms with Crippen LogP contribution < -0.4 is 0 Å². The number of rotatable bonds is 7. The minimum absolute atomic E-state index is 0.0162. The molecule has 0 unspecified atom stereocenters. The molecule has 274 valence electrons. The van der Waals surface area contributed by atoms with E-state index >= 15 is 0 Å². The number of hydrogen-bond donors (Lipinski definition) is 0. The van der Waals surface area contributed by atoms with E-state index < -0.39 is 0 Å². The summed E-state index contributed by atoms with van der Waals surface area (Å²) in [5.74, 6) is 0.697. The highest BCUT2D eigenvalue weighted by molar-refractivity contribution is 5.94. The predicted molar refractivity (Wildman–Crippen MR) is 198 cm³/mol. The molecule has 0 aromatic carbocycles. The molecule has 0 aliphatic carbocycles. The number of hydrogen-bond acceptors (Lipinski definition) is 6. The van der Waals surface area contributed by atoms with Gasteiger partial charge in [-0.1, -0.05) is 117 Å². The Labute approximate surface area is 286 Å². The van der Waals surface area contributed by atoms with E-state index in [1.54, 1.807) is 13.8 Å². The van der Waals surface area contributed by atoms with Crippen molar-refractivity contribution >= 4 is 29.6 Å². The third-order valence-electron chi connectivity index (χ3n) is 4.86. The van der Waals surface area contributed by atoms with Gasteiger partial charge in [0.2, 0.25) is 0 Å². The Balaban J connectivity index is -0.000000154. The second-order valence-corrected chi connectivity index (χ2v) is 19.3. The van der Waals surface area contributed by atoms with Crippen LogP contribution in [0.15, 0.2) is 12.2 Å². The fourth-order valence-corrected chi connectivity index (χ4v) is 3.16. The Morgan fingerprint density at radius 3 is 1.02 bits per heavy atom. The Hall–Kier alpha value is -2.11. The molecule has 0 rings (SSSR count). The summed E-state index contributed by atoms with van der Waals surface area (Å²) in [6.07, 6.45) is 4.77. The molecule has 0 aliphatic heterocycles. The maximum absolute atomic E-state index is 11.3. The third kappa shape index (κ3) is 64.7. The van der Waals surface area contributed by atoms with E-state index in [0.717, 1.165) is 6.29 Å². The lowest BCUT2D eigenvalue weighted by molar-refractivity contribution is -0.157. The van der Waals surface area contributed by atoms with Crippen LogP contribution >= 0.6 is 0 Å². The van der Waals surface area contributed by atoms with Gasteiger partial charge in [0, 0.05) is 32.1 Å². The van der Waals surface area contributed by atoms with Crippen LogP contribution in [0.4, 0.5) is 0 Å². The summed E-state index contributed by atoms with van der Waals surface area (Å²) in [5, 5.41) is 0. The van der Waals surface area contributed by atoms with Gasteiger partial charge in [0.05, 0.1) is 6.42 Å². The van der Waals surface area contributed by atoms with Gasteiger partial charge >= 0.3 is 5.97 Å². The van der Waals surface area contributed by atoms with Crippen LogP contribution in [0.5, 0.6) is 0 Å². The number of carbonyl (C=O) groups is 5. The van der Waals surface area contributed by atoms with E-state index in [2.05, 4.69) is 48.1 Å². The van der Waals surface area contributed by atoms with Gasteiger partial charge in [-0.05, 0) is 67.3 Å². The van der Waals surface area contributed by atoms with Crippen molar-refractivity contribution in [1.29, 1.82) is 0 Å². The molecule has 0 bridgehead atoms. The standard InChI is InChI=1S/C10H20O2.C9H16O.C8H16O.C7H14O.C6H12O/c1-9(2,3)7-8(11)12-10(4,5)6;1-7(2)8(10)6-9(3,4)5;1-5-7(9)6-8(2,3)4;1-6(8)5-7(2,3)4;1-6(2,3)4-5-7/h7H2,1-6H3;1,6H2,2-5H3;5-6H2,1-4H3;5H2,1-4H3;5H,4H2,1-3H3. The molecule has 0 radical (unpaired) electrons. The normalized spacial score (nSPS) is 11.8. The van der Waals surface area contributed by atoms with Gasteiger partial charge < -0.3 is 14.3 Å². The van der Waals surface area contributed by atoms with E-state index in [4.69, 9.17) is 4.74 Å². The number of ether oxygens (including phenoxy) is 1. The number of carbonyl (C=O) groups excluding carboxylic acids is 5. The molecule has 46 heavy (non-hydrogen) atoms. The first-order valence-corrected chi connectivity index (χ1v) is 16.7. The molecule has 0 aromatic rings. The lowest BCUT2D eigenvalue weighted by Gasteiger charge is -2.23. The van der Waals surface area contributed by atoms with Crippen molar-refractivity contribution in [2.45, 2.75) is 190 Å². The molecular formula is C40H78O6. The van der Waals surface area contributed by atoms with Gasteiger partial charge in [-0.2, -0.15) is 0 Å². The maximum Gasteiger partial charge on any atom is 0.306 e. The van der Waals surface area contributed by atoms with Crippen LogP contribution in [0.3, 0.4) is 0 Å². The van der Waals surface area contributed by atoms with E-state index in [1.165, 1.54) is 0 Å². The van der Waals surface area contributed by atoms with Gasteiger partial charge in [-0.15, -0.1) is 0 Å². The fourth-order valence-electron chi connectivity index (χ4n) is 3.16. The van der Waals surface area contributed by atoms with Crippen LogP contribution in [-0.4, -0.2) is 35.2 Å². The molecule has 0 fully saturated rings. The number of allylic oxidation sites excluding steroid dienone is 1. The maximum atomic E-state index is 11.3. The topological polar surface area (TPSA) is 94.6 Å². The first kappa shape index (κ1) is 53.4. The smallest absolute Gasteiger partial charge is 0.306 e. The molecule has 6 nitrogen and oxygen atoms in total. The zero-order valence-electron chi connectivity index (χ0n) is 34.5. The molecule has 0 N–H and O–H groups in total. The fraction of sp³-hybridized carbons (Fsp3) is 0.825. The lowest BCUT2D eigenvalue weighted by Crippen LogP contribution is -2.26. The number of aldehydes is 1. The minimum atomic E-state index is -0.359. The minimum Gasteiger partial charge on any atom is -0.460 e. The SMILES string of the molecule is C=C(C)C(=O)CC(C)(C)C.CC(=O)CC(C)(C)C.CC(C)(C)CC(=O)OC(C)(C)C.CC(C)(C)CC=O.CCC(=O)CC(C)(C)C. The summed E-state index contributed by atoms with van der Waals surface area (Å²) < 4.78 is 5.17. The molecule has 0 amide bonds. The van der Waals surface area contributed by atoms with Crippen molar-refractivity contribution in [3.05, 3.63) is 12.2 Å². The average Bonchev–Trinajstić information content (AvgIpc) is 2.67. The molecular weight excluding hydrogens is 576 g/mol. The molecule has 0 aromatic heterocycles. The van der Waals surface area contributed by atoms with E-state index in [0.29, 0.717) is 49.9 Å². The van der Waals surface area contributed by atoms with Crippen LogP contribution in [0, 0.1) is 27.1 Å². The number of esters is 1. The van der Waals surface area contributed by atoms with Crippen molar-refractivity contribution in [3.63, 3.8) is 0 Å². The molecule has 6 heteroatoms. The second kappa shape index (κ2) is 23.3. The monoisotopic (exact) mass is 655 g/mol. The Bertz CT molecular complexity index is 878. The summed E-state index contributed by atoms with van der Waals surface area (Å²) in [7, 11) is 0. The first-order chi connectivity index (χ1) is 19.9. The Morgan fingerprint density at radius 1 is 0.565 bits per heavy atom. The van der Waals surface area contributed by atoms with Crippen molar-refractivity contribution in [1.82, 2.24) is 0 Å². The van der Waals surface area contributed by atoms with E-state index in [1.807, 2.05) is 90.0 Å². The summed E-state index contributed by atoms with van der Waals surface area (Å²) in [5.41, 5.74) is 0.941. The summed E-state index contributed by atoms with van der Waals surface area (Å²) in [6.45, 7) is 45.3. The summed E-state index contributed by atoms with van der Waals surface area (Å²) in [6, 6.07) is 0. The highest BCUT2D eigenvalue weighted by Gasteiger charge is 2.22. The quantitative estimate of drug-likeness (QED) is 0.154. The predicted octanol–water partition coefficient (Wildman–Crippen LogP) is 11.4. The largest absolute Gasteiger partial charge is 0.460 e. The van der Waals surface area contributed by atoms with Crippen LogP contribution in [-0.2, 0) is 28.7 Å². The molecule has 0 heterocycles. The number of Topliss-reactive ketones (excluding diaryl/α,β-unsaturated/α-hetero) is 3. The van der Waals surface area contributed by atoms with Gasteiger partial charge in [-0.25, -0.2) is 0 Å². The Kier molecular flexibility index (Phi) is 27.0. The van der Waals surface area contributed by atoms with Crippen molar-refractivity contribution in [3.8, 4) is 0 Å². The van der Waals surface area contributed by atoms with Gasteiger partial charge in [0.1, 0.15) is 23.5 Å². The van der Waals surface area contributed by atoms with Gasteiger partial charge in [0.25, 0.3) is 0 Å². The molecule has 0 spiro atoms. The second-order valence-electron chi connectivity index (χ2n) is 19.3. The summed E-state index contributed by atoms with van der Waals surface area (Å²) >= 11 is 0. The zero-order chi connectivity index (χ0) is 38.5. The Morgan fingerprint density at radius 2 is 0.913 bits per heavy atom. The molecule has 0 saturated carbocycles. The van der Waals surface area contributed by atoms with Crippen molar-refractivity contribution in [2.75, 3.05) is 0 Å². The highest BCUT2D eigenvalue weighted by atomic mass is 16.6. The third-order valence-corrected chi connectivity index (χ3v) is 4.86. The van der Waals surface area contributed by atoms with E-state index in [-0.39, 0.29) is 50.2 Å². The summed E-state index contributed by atoms with van der Waals surface area (Å²) in [4.78, 5) is 53.4. The zero-order valence-corrected chi connectivity index (χ0v) is 34.5. The van der Waals surface area contributed by atoms with Gasteiger partial charge in [-0.3, -0.25) is 14.4 Å². The molecule has 0 saturated heterocycles. The van der Waals surface area contributed by atoms with Gasteiger partial charge in [0.15, 0.2) is 5.78 Å². The van der Waals surface area contributed by atoms with Crippen molar-refractivity contribution in [2.24, 2.45) is 27.1 Å². The molecule has 0 aliphatic rings. The van der Waals surface area contributed by atoms with Crippen LogP contribution in [0.1, 0.15) is 184 Å². The van der Waals surface area contributed by atoms with Crippen molar-refractivity contribution < 1.29 is 28.7 Å². The number of ketones is 3. The van der Waals surface area contributed by atoms with Crippen LogP contribution in [0.2, 0.25) is 0 Å².